The SMILES string of the molecule is CN(C)[C@@H]1Cc2ccccc2[C@H]1NC(=O)O. The fraction of sp³-hybridized carbons (Fsp3) is 0.417. The zero-order valence-corrected chi connectivity index (χ0v) is 9.47. The van der Waals surface area contributed by atoms with Crippen LogP contribution in [0.3, 0.4) is 0 Å². The van der Waals surface area contributed by atoms with Gasteiger partial charge in [0.25, 0.3) is 0 Å². The van der Waals surface area contributed by atoms with Crippen molar-refractivity contribution in [1.29, 1.82) is 0 Å². The van der Waals surface area contributed by atoms with Crippen LogP contribution in [0.25, 0.3) is 0 Å². The number of fused-ring (bicyclic) bond motifs is 1. The van der Waals surface area contributed by atoms with E-state index in [1.165, 1.54) is 5.56 Å². The quantitative estimate of drug-likeness (QED) is 0.793. The van der Waals surface area contributed by atoms with Gasteiger partial charge in [-0.25, -0.2) is 4.79 Å². The van der Waals surface area contributed by atoms with Gasteiger partial charge in [-0.1, -0.05) is 24.3 Å². The summed E-state index contributed by atoms with van der Waals surface area (Å²) >= 11 is 0. The molecule has 0 saturated heterocycles. The second kappa shape index (κ2) is 4.14. The van der Waals surface area contributed by atoms with Crippen molar-refractivity contribution in [2.45, 2.75) is 18.5 Å². The zero-order chi connectivity index (χ0) is 11.7. The fourth-order valence-electron chi connectivity index (χ4n) is 2.36. The molecule has 1 aliphatic rings. The van der Waals surface area contributed by atoms with Gasteiger partial charge in [-0.2, -0.15) is 0 Å². The highest BCUT2D eigenvalue weighted by molar-refractivity contribution is 5.66. The molecule has 2 N–H and O–H groups in total. The van der Waals surface area contributed by atoms with E-state index >= 15 is 0 Å². The summed E-state index contributed by atoms with van der Waals surface area (Å²) in [5.74, 6) is 0. The number of rotatable bonds is 2. The van der Waals surface area contributed by atoms with Crippen molar-refractivity contribution < 1.29 is 9.90 Å². The molecule has 0 aliphatic heterocycles. The highest BCUT2D eigenvalue weighted by atomic mass is 16.4. The third kappa shape index (κ3) is 1.88. The molecule has 86 valence electrons. The Kier molecular flexibility index (Phi) is 2.83. The molecular formula is C12H16N2O2. The average molecular weight is 220 g/mol. The molecule has 0 heterocycles. The molecule has 4 nitrogen and oxygen atoms in total. The predicted octanol–water partition coefficient (Wildman–Crippen LogP) is 1.48. The Balaban J connectivity index is 2.32. The van der Waals surface area contributed by atoms with Crippen LogP contribution in [0.5, 0.6) is 0 Å². The van der Waals surface area contributed by atoms with Gasteiger partial charge in [-0.15, -0.1) is 0 Å². The number of hydrogen-bond donors (Lipinski definition) is 2. The Labute approximate surface area is 94.9 Å². The van der Waals surface area contributed by atoms with Gasteiger partial charge >= 0.3 is 6.09 Å². The number of carbonyl (C=O) groups is 1. The lowest BCUT2D eigenvalue weighted by molar-refractivity contribution is 0.177. The van der Waals surface area contributed by atoms with Crippen LogP contribution < -0.4 is 5.32 Å². The average Bonchev–Trinajstić information content (AvgIpc) is 2.57. The summed E-state index contributed by atoms with van der Waals surface area (Å²) in [6, 6.07) is 8.09. The first kappa shape index (κ1) is 11.0. The number of carboxylic acid groups (broad SMARTS) is 1. The zero-order valence-electron chi connectivity index (χ0n) is 9.47. The van der Waals surface area contributed by atoms with Crippen LogP contribution in [-0.2, 0) is 6.42 Å². The molecule has 16 heavy (non-hydrogen) atoms. The van der Waals surface area contributed by atoms with Crippen molar-refractivity contribution in [3.05, 3.63) is 35.4 Å². The van der Waals surface area contributed by atoms with Gasteiger partial charge in [-0.05, 0) is 31.6 Å². The third-order valence-electron chi connectivity index (χ3n) is 3.15. The molecular weight excluding hydrogens is 204 g/mol. The summed E-state index contributed by atoms with van der Waals surface area (Å²) in [6.07, 6.45) is -0.0674. The van der Waals surface area contributed by atoms with Gasteiger partial charge in [0.15, 0.2) is 0 Å². The van der Waals surface area contributed by atoms with Gasteiger partial charge in [0.05, 0.1) is 6.04 Å². The molecule has 2 rings (SSSR count). The molecule has 0 saturated carbocycles. The van der Waals surface area contributed by atoms with Crippen molar-refractivity contribution in [2.75, 3.05) is 14.1 Å². The number of nitrogens with zero attached hydrogens (tertiary/aromatic N) is 1. The van der Waals surface area contributed by atoms with E-state index < -0.39 is 6.09 Å². The van der Waals surface area contributed by atoms with Crippen LogP contribution in [0.4, 0.5) is 4.79 Å². The van der Waals surface area contributed by atoms with E-state index in [1.807, 2.05) is 32.3 Å². The molecule has 2 atom stereocenters. The molecule has 0 unspecified atom stereocenters. The second-order valence-corrected chi connectivity index (χ2v) is 4.36. The van der Waals surface area contributed by atoms with Crippen LogP contribution in [0, 0.1) is 0 Å². The summed E-state index contributed by atoms with van der Waals surface area (Å²) in [4.78, 5) is 12.9. The smallest absolute Gasteiger partial charge is 0.405 e. The van der Waals surface area contributed by atoms with Crippen molar-refractivity contribution in [1.82, 2.24) is 10.2 Å². The Hall–Kier alpha value is -1.55. The van der Waals surface area contributed by atoms with Gasteiger partial charge in [0, 0.05) is 6.04 Å². The Bertz CT molecular complexity index is 404. The summed E-state index contributed by atoms with van der Waals surface area (Å²) in [5, 5.41) is 11.5. The molecule has 4 heteroatoms. The Morgan fingerprint density at radius 3 is 2.75 bits per heavy atom. The van der Waals surface area contributed by atoms with Gasteiger partial charge in [-0.3, -0.25) is 0 Å². The molecule has 1 aromatic rings. The van der Waals surface area contributed by atoms with Crippen molar-refractivity contribution in [3.8, 4) is 0 Å². The van der Waals surface area contributed by atoms with Crippen LogP contribution in [0.15, 0.2) is 24.3 Å². The minimum Gasteiger partial charge on any atom is -0.465 e. The molecule has 0 fully saturated rings. The fourth-order valence-corrected chi connectivity index (χ4v) is 2.36. The van der Waals surface area contributed by atoms with Crippen LogP contribution in [-0.4, -0.2) is 36.2 Å². The minimum atomic E-state index is -0.964. The van der Waals surface area contributed by atoms with E-state index in [1.54, 1.807) is 0 Å². The molecule has 0 bridgehead atoms. The van der Waals surface area contributed by atoms with E-state index in [-0.39, 0.29) is 12.1 Å². The molecule has 0 aromatic heterocycles. The van der Waals surface area contributed by atoms with Crippen molar-refractivity contribution in [3.63, 3.8) is 0 Å². The summed E-state index contributed by atoms with van der Waals surface area (Å²) in [7, 11) is 3.96. The topological polar surface area (TPSA) is 52.6 Å². The third-order valence-corrected chi connectivity index (χ3v) is 3.15. The molecule has 0 radical (unpaired) electrons. The molecule has 0 spiro atoms. The van der Waals surface area contributed by atoms with Crippen LogP contribution in [0.1, 0.15) is 17.2 Å². The summed E-state index contributed by atoms with van der Waals surface area (Å²) in [6.45, 7) is 0. The summed E-state index contributed by atoms with van der Waals surface area (Å²) < 4.78 is 0. The normalized spacial score (nSPS) is 23.2. The minimum absolute atomic E-state index is 0.122. The Morgan fingerprint density at radius 1 is 1.44 bits per heavy atom. The number of likely N-dealkylation sites (N-methyl/N-ethyl adjacent to an activating group) is 1. The second-order valence-electron chi connectivity index (χ2n) is 4.36. The van der Waals surface area contributed by atoms with Crippen LogP contribution in [0.2, 0.25) is 0 Å². The lowest BCUT2D eigenvalue weighted by atomic mass is 10.1. The van der Waals surface area contributed by atoms with E-state index in [2.05, 4.69) is 16.3 Å². The van der Waals surface area contributed by atoms with E-state index in [9.17, 15) is 4.79 Å². The lowest BCUT2D eigenvalue weighted by Gasteiger charge is -2.26. The number of amides is 1. The Morgan fingerprint density at radius 2 is 2.12 bits per heavy atom. The molecule has 1 aliphatic carbocycles. The van der Waals surface area contributed by atoms with E-state index in [0.717, 1.165) is 12.0 Å². The van der Waals surface area contributed by atoms with Crippen molar-refractivity contribution >= 4 is 6.09 Å². The molecule has 1 aromatic carbocycles. The largest absolute Gasteiger partial charge is 0.465 e. The van der Waals surface area contributed by atoms with Gasteiger partial charge in [0.1, 0.15) is 0 Å². The van der Waals surface area contributed by atoms with Crippen molar-refractivity contribution in [2.24, 2.45) is 0 Å². The maximum atomic E-state index is 10.8. The van der Waals surface area contributed by atoms with Gasteiger partial charge in [0.2, 0.25) is 0 Å². The predicted molar refractivity (Wildman–Crippen MR) is 61.5 cm³/mol. The molecule has 1 amide bonds. The van der Waals surface area contributed by atoms with Crippen LogP contribution >= 0.6 is 0 Å². The van der Waals surface area contributed by atoms with E-state index in [4.69, 9.17) is 5.11 Å². The maximum Gasteiger partial charge on any atom is 0.405 e. The first-order valence-electron chi connectivity index (χ1n) is 5.33. The monoisotopic (exact) mass is 220 g/mol. The number of hydrogen-bond acceptors (Lipinski definition) is 2. The number of nitrogens with one attached hydrogen (secondary N) is 1. The van der Waals surface area contributed by atoms with E-state index in [0.29, 0.717) is 0 Å². The maximum absolute atomic E-state index is 10.8. The number of benzene rings is 1. The first-order chi connectivity index (χ1) is 7.59. The highest BCUT2D eigenvalue weighted by Gasteiger charge is 2.34. The first-order valence-corrected chi connectivity index (χ1v) is 5.33. The van der Waals surface area contributed by atoms with Gasteiger partial charge < -0.3 is 15.3 Å². The lowest BCUT2D eigenvalue weighted by Crippen LogP contribution is -2.40. The highest BCUT2D eigenvalue weighted by Crippen LogP contribution is 2.33. The standard InChI is InChI=1S/C12H16N2O2/c1-14(2)10-7-8-5-3-4-6-9(8)11(10)13-12(15)16/h3-6,10-11,13H,7H2,1-2H3,(H,15,16)/t10-,11-/m1/s1. The summed E-state index contributed by atoms with van der Waals surface area (Å²) in [5.41, 5.74) is 2.34.